The zero-order valence-corrected chi connectivity index (χ0v) is 10.7. The highest BCUT2D eigenvalue weighted by molar-refractivity contribution is 6.30. The maximum atomic E-state index is 13.5. The highest BCUT2D eigenvalue weighted by atomic mass is 35.5. The highest BCUT2D eigenvalue weighted by Gasteiger charge is 2.41. The van der Waals surface area contributed by atoms with Crippen LogP contribution in [0.2, 0.25) is 5.02 Å². The van der Waals surface area contributed by atoms with Crippen molar-refractivity contribution in [3.63, 3.8) is 0 Å². The molecule has 1 atom stereocenters. The molecule has 6 heteroatoms. The highest BCUT2D eigenvalue weighted by Crippen LogP contribution is 2.26. The Labute approximate surface area is 109 Å². The zero-order chi connectivity index (χ0) is 13.9. The van der Waals surface area contributed by atoms with Crippen LogP contribution in [0.4, 0.5) is 4.39 Å². The largest absolute Gasteiger partial charge is 0.480 e. The molecule has 18 heavy (non-hydrogen) atoms. The van der Waals surface area contributed by atoms with E-state index in [9.17, 15) is 14.0 Å². The maximum Gasteiger partial charge on any atom is 0.319 e. The molecule has 0 spiro atoms. The summed E-state index contributed by atoms with van der Waals surface area (Å²) in [4.78, 5) is 22.8. The number of carbonyl (C=O) groups excluding carboxylic acids is 1. The Hall–Kier alpha value is -1.62. The van der Waals surface area contributed by atoms with Crippen LogP contribution in [0, 0.1) is 11.2 Å². The quantitative estimate of drug-likeness (QED) is 0.823. The van der Waals surface area contributed by atoms with Gasteiger partial charge in [-0.2, -0.15) is 0 Å². The van der Waals surface area contributed by atoms with Crippen molar-refractivity contribution in [3.05, 3.63) is 34.6 Å². The lowest BCUT2D eigenvalue weighted by atomic mass is 9.82. The topological polar surface area (TPSA) is 66.4 Å². The van der Waals surface area contributed by atoms with Gasteiger partial charge in [-0.15, -0.1) is 0 Å². The molecule has 0 aliphatic heterocycles. The number of carboxylic acids is 1. The van der Waals surface area contributed by atoms with Gasteiger partial charge in [0, 0.05) is 18.5 Å². The van der Waals surface area contributed by atoms with E-state index in [4.69, 9.17) is 16.7 Å². The van der Waals surface area contributed by atoms with E-state index in [0.717, 1.165) is 6.07 Å². The average Bonchev–Trinajstić information content (AvgIpc) is 2.32. The van der Waals surface area contributed by atoms with E-state index in [1.54, 1.807) is 0 Å². The van der Waals surface area contributed by atoms with Gasteiger partial charge in [0.2, 0.25) is 5.91 Å². The molecular formula is C12H13ClFNO3. The molecule has 0 aromatic heterocycles. The minimum absolute atomic E-state index is 0.0935. The first-order valence-electron chi connectivity index (χ1n) is 5.20. The van der Waals surface area contributed by atoms with Gasteiger partial charge in [-0.1, -0.05) is 11.6 Å². The number of amides is 1. The zero-order valence-electron chi connectivity index (χ0n) is 9.96. The van der Waals surface area contributed by atoms with Crippen LogP contribution in [0.15, 0.2) is 18.2 Å². The van der Waals surface area contributed by atoms with Crippen LogP contribution < -0.4 is 5.32 Å². The molecule has 0 radical (unpaired) electrons. The summed E-state index contributed by atoms with van der Waals surface area (Å²) in [6.07, 6.45) is -0.269. The van der Waals surface area contributed by atoms with E-state index in [1.807, 2.05) is 0 Å². The first-order chi connectivity index (χ1) is 8.31. The van der Waals surface area contributed by atoms with Crippen LogP contribution in [-0.4, -0.2) is 24.0 Å². The third kappa shape index (κ3) is 2.79. The summed E-state index contributed by atoms with van der Waals surface area (Å²) in [5, 5.41) is 11.7. The Morgan fingerprint density at radius 3 is 2.61 bits per heavy atom. The van der Waals surface area contributed by atoms with Crippen molar-refractivity contribution in [2.45, 2.75) is 13.3 Å². The number of rotatable bonds is 4. The summed E-state index contributed by atoms with van der Waals surface area (Å²) in [5.41, 5.74) is -1.64. The smallest absolute Gasteiger partial charge is 0.319 e. The average molecular weight is 274 g/mol. The van der Waals surface area contributed by atoms with Crippen molar-refractivity contribution in [2.24, 2.45) is 5.41 Å². The lowest BCUT2D eigenvalue weighted by Gasteiger charge is -2.23. The molecule has 0 aliphatic carbocycles. The Balaban J connectivity index is 3.15. The SMILES string of the molecule is CNC(=O)C(C)(Cc1cc(Cl)ccc1F)C(=O)O. The van der Waals surface area contributed by atoms with E-state index >= 15 is 0 Å². The minimum atomic E-state index is -1.74. The van der Waals surface area contributed by atoms with Crippen molar-refractivity contribution in [2.75, 3.05) is 7.05 Å². The van der Waals surface area contributed by atoms with Crippen LogP contribution in [0.25, 0.3) is 0 Å². The van der Waals surface area contributed by atoms with Crippen molar-refractivity contribution < 1.29 is 19.1 Å². The van der Waals surface area contributed by atoms with Crippen molar-refractivity contribution in [1.82, 2.24) is 5.32 Å². The van der Waals surface area contributed by atoms with E-state index in [-0.39, 0.29) is 17.0 Å². The second kappa shape index (κ2) is 5.35. The summed E-state index contributed by atoms with van der Waals surface area (Å²) in [7, 11) is 1.33. The van der Waals surface area contributed by atoms with Crippen molar-refractivity contribution >= 4 is 23.5 Å². The molecule has 1 aromatic rings. The molecule has 0 bridgehead atoms. The second-order valence-corrected chi connectivity index (χ2v) is 4.57. The molecule has 1 aromatic carbocycles. The number of aliphatic carboxylic acids is 1. The van der Waals surface area contributed by atoms with Crippen molar-refractivity contribution in [3.8, 4) is 0 Å². The number of carbonyl (C=O) groups is 2. The Kier molecular flexibility index (Phi) is 4.29. The van der Waals surface area contributed by atoms with Crippen LogP contribution in [0.3, 0.4) is 0 Å². The molecule has 2 N–H and O–H groups in total. The monoisotopic (exact) mass is 273 g/mol. The van der Waals surface area contributed by atoms with Crippen LogP contribution in [-0.2, 0) is 16.0 Å². The van der Waals surface area contributed by atoms with Gasteiger partial charge < -0.3 is 10.4 Å². The fraction of sp³-hybridized carbons (Fsp3) is 0.333. The molecule has 0 saturated heterocycles. The summed E-state index contributed by atoms with van der Waals surface area (Å²) in [6.45, 7) is 1.24. The van der Waals surface area contributed by atoms with Crippen LogP contribution in [0.5, 0.6) is 0 Å². The predicted octanol–water partition coefficient (Wildman–Crippen LogP) is 1.86. The molecule has 0 aliphatic rings. The standard InChI is InChI=1S/C12H13ClFNO3/c1-12(11(17)18,10(16)15-2)6-7-5-8(13)3-4-9(7)14/h3-5H,6H2,1-2H3,(H,15,16)(H,17,18). The Morgan fingerprint density at radius 1 is 1.50 bits per heavy atom. The van der Waals surface area contributed by atoms with Gasteiger partial charge in [0.1, 0.15) is 11.2 Å². The fourth-order valence-corrected chi connectivity index (χ4v) is 1.78. The maximum absolute atomic E-state index is 13.5. The molecule has 98 valence electrons. The summed E-state index contributed by atoms with van der Waals surface area (Å²) in [6, 6.07) is 3.82. The second-order valence-electron chi connectivity index (χ2n) is 4.13. The number of hydrogen-bond donors (Lipinski definition) is 2. The van der Waals surface area contributed by atoms with Crippen molar-refractivity contribution in [1.29, 1.82) is 0 Å². The van der Waals surface area contributed by atoms with Gasteiger partial charge in [-0.3, -0.25) is 9.59 Å². The van der Waals surface area contributed by atoms with E-state index in [2.05, 4.69) is 5.32 Å². The molecular weight excluding hydrogens is 261 g/mol. The third-order valence-corrected chi connectivity index (χ3v) is 2.99. The van der Waals surface area contributed by atoms with Gasteiger partial charge in [0.15, 0.2) is 0 Å². The van der Waals surface area contributed by atoms with Crippen LogP contribution >= 0.6 is 11.6 Å². The minimum Gasteiger partial charge on any atom is -0.480 e. The van der Waals surface area contributed by atoms with Gasteiger partial charge in [-0.05, 0) is 30.7 Å². The third-order valence-electron chi connectivity index (χ3n) is 2.75. The van der Waals surface area contributed by atoms with E-state index in [0.29, 0.717) is 0 Å². The van der Waals surface area contributed by atoms with Gasteiger partial charge in [-0.25, -0.2) is 4.39 Å². The molecule has 0 saturated carbocycles. The van der Waals surface area contributed by atoms with Gasteiger partial charge in [0.05, 0.1) is 0 Å². The lowest BCUT2D eigenvalue weighted by molar-refractivity contribution is -0.154. The number of nitrogens with one attached hydrogen (secondary N) is 1. The lowest BCUT2D eigenvalue weighted by Crippen LogP contribution is -2.44. The summed E-state index contributed by atoms with van der Waals surface area (Å²) in [5.74, 6) is -2.59. The Morgan fingerprint density at radius 2 is 2.11 bits per heavy atom. The van der Waals surface area contributed by atoms with Crippen LogP contribution in [0.1, 0.15) is 12.5 Å². The van der Waals surface area contributed by atoms with E-state index < -0.39 is 23.1 Å². The molecule has 1 unspecified atom stereocenters. The molecule has 4 nitrogen and oxygen atoms in total. The normalized spacial score (nSPS) is 13.8. The number of hydrogen-bond acceptors (Lipinski definition) is 2. The summed E-state index contributed by atoms with van der Waals surface area (Å²) >= 11 is 5.72. The summed E-state index contributed by atoms with van der Waals surface area (Å²) < 4.78 is 13.5. The first kappa shape index (κ1) is 14.4. The molecule has 1 rings (SSSR count). The predicted molar refractivity (Wildman–Crippen MR) is 64.9 cm³/mol. The fourth-order valence-electron chi connectivity index (χ4n) is 1.59. The van der Waals surface area contributed by atoms with Gasteiger partial charge >= 0.3 is 5.97 Å². The van der Waals surface area contributed by atoms with Gasteiger partial charge in [0.25, 0.3) is 0 Å². The molecule has 1 amide bonds. The number of carboxylic acid groups (broad SMARTS) is 1. The number of benzene rings is 1. The van der Waals surface area contributed by atoms with E-state index in [1.165, 1.54) is 26.1 Å². The Bertz CT molecular complexity index is 492. The molecule has 0 fully saturated rings. The first-order valence-corrected chi connectivity index (χ1v) is 5.58. The molecule has 0 heterocycles. The number of halogens is 2.